The maximum Gasteiger partial charge on any atom is 0.352 e. The molecule has 1 saturated heterocycles. The Morgan fingerprint density at radius 3 is 2.75 bits per heavy atom. The van der Waals surface area contributed by atoms with Crippen molar-refractivity contribution < 1.29 is 14.3 Å². The highest BCUT2D eigenvalue weighted by molar-refractivity contribution is 9.11. The molecule has 0 N–H and O–H groups in total. The van der Waals surface area contributed by atoms with Crippen LogP contribution in [0, 0.1) is 0 Å². The molecule has 1 aromatic rings. The number of hydrogen-bond acceptors (Lipinski definition) is 3. The predicted octanol–water partition coefficient (Wildman–Crippen LogP) is 3.01. The fourth-order valence-corrected chi connectivity index (χ4v) is 1.81. The second-order valence-electron chi connectivity index (χ2n) is 3.45. The summed E-state index contributed by atoms with van der Waals surface area (Å²) in [6.45, 7) is 0. The number of halogens is 1. The van der Waals surface area contributed by atoms with Crippen LogP contribution in [0.15, 0.2) is 41.1 Å². The topological polar surface area (TPSA) is 35.5 Å². The average molecular weight is 283 g/mol. The summed E-state index contributed by atoms with van der Waals surface area (Å²) in [4.78, 5) is 13.2. The lowest BCUT2D eigenvalue weighted by Crippen LogP contribution is -2.33. The summed E-state index contributed by atoms with van der Waals surface area (Å²) in [7, 11) is 0. The normalized spacial score (nSPS) is 22.9. The minimum atomic E-state index is -0.501. The quantitative estimate of drug-likeness (QED) is 0.783. The maximum atomic E-state index is 11.6. The van der Waals surface area contributed by atoms with Crippen LogP contribution in [-0.2, 0) is 9.53 Å². The minimum absolute atomic E-state index is 0.333. The molecule has 1 aromatic carbocycles. The van der Waals surface area contributed by atoms with Crippen LogP contribution in [0.2, 0.25) is 0 Å². The van der Waals surface area contributed by atoms with Gasteiger partial charge in [-0.15, -0.1) is 0 Å². The standard InChI is InChI=1S/C12H11BrO3/c13-8-10-6-7-11(12(14)16-10)15-9-4-2-1-3-5-9/h1-5,8,11H,6-7H2. The zero-order valence-electron chi connectivity index (χ0n) is 8.56. The fourth-order valence-electron chi connectivity index (χ4n) is 1.48. The van der Waals surface area contributed by atoms with Gasteiger partial charge in [0.2, 0.25) is 0 Å². The number of esters is 1. The Labute approximate surface area is 102 Å². The molecular weight excluding hydrogens is 272 g/mol. The molecule has 1 aliphatic heterocycles. The maximum absolute atomic E-state index is 11.6. The van der Waals surface area contributed by atoms with Crippen LogP contribution in [0.4, 0.5) is 0 Å². The van der Waals surface area contributed by atoms with Crippen molar-refractivity contribution in [3.8, 4) is 5.75 Å². The van der Waals surface area contributed by atoms with Crippen LogP contribution in [0.1, 0.15) is 12.8 Å². The van der Waals surface area contributed by atoms with E-state index in [1.165, 1.54) is 0 Å². The monoisotopic (exact) mass is 282 g/mol. The number of para-hydroxylation sites is 1. The molecule has 0 aromatic heterocycles. The highest BCUT2D eigenvalue weighted by Gasteiger charge is 2.28. The van der Waals surface area contributed by atoms with E-state index in [0.29, 0.717) is 24.4 Å². The van der Waals surface area contributed by atoms with E-state index in [1.54, 1.807) is 4.99 Å². The number of carbonyl (C=O) groups excluding carboxylic acids is 1. The summed E-state index contributed by atoms with van der Waals surface area (Å²) in [5.41, 5.74) is 0. The summed E-state index contributed by atoms with van der Waals surface area (Å²) in [6, 6.07) is 9.28. The van der Waals surface area contributed by atoms with Crippen LogP contribution in [0.25, 0.3) is 0 Å². The fraction of sp³-hybridized carbons (Fsp3) is 0.250. The number of cyclic esters (lactones) is 1. The lowest BCUT2D eigenvalue weighted by Gasteiger charge is -2.23. The van der Waals surface area contributed by atoms with E-state index >= 15 is 0 Å². The highest BCUT2D eigenvalue weighted by Crippen LogP contribution is 2.23. The van der Waals surface area contributed by atoms with Crippen molar-refractivity contribution in [2.75, 3.05) is 0 Å². The van der Waals surface area contributed by atoms with Crippen molar-refractivity contribution in [3.05, 3.63) is 41.1 Å². The molecule has 0 bridgehead atoms. The van der Waals surface area contributed by atoms with Crippen molar-refractivity contribution >= 4 is 21.9 Å². The van der Waals surface area contributed by atoms with Crippen molar-refractivity contribution in [3.63, 3.8) is 0 Å². The van der Waals surface area contributed by atoms with Gasteiger partial charge in [0, 0.05) is 17.8 Å². The average Bonchev–Trinajstić information content (AvgIpc) is 2.33. The van der Waals surface area contributed by atoms with Gasteiger partial charge in [-0.25, -0.2) is 4.79 Å². The molecule has 3 nitrogen and oxygen atoms in total. The van der Waals surface area contributed by atoms with Gasteiger partial charge in [-0.05, 0) is 12.1 Å². The molecular formula is C12H11BrO3. The van der Waals surface area contributed by atoms with Crippen molar-refractivity contribution in [1.29, 1.82) is 0 Å². The molecule has 1 unspecified atom stereocenters. The number of ether oxygens (including phenoxy) is 2. The lowest BCUT2D eigenvalue weighted by molar-refractivity contribution is -0.151. The van der Waals surface area contributed by atoms with E-state index in [2.05, 4.69) is 15.9 Å². The molecule has 0 saturated carbocycles. The van der Waals surface area contributed by atoms with Gasteiger partial charge in [-0.3, -0.25) is 0 Å². The van der Waals surface area contributed by atoms with Gasteiger partial charge in [0.25, 0.3) is 0 Å². The van der Waals surface area contributed by atoms with E-state index in [-0.39, 0.29) is 5.97 Å². The molecule has 0 spiro atoms. The lowest BCUT2D eigenvalue weighted by atomic mass is 10.1. The Kier molecular flexibility index (Phi) is 3.62. The van der Waals surface area contributed by atoms with Crippen LogP contribution >= 0.6 is 15.9 Å². The molecule has 0 radical (unpaired) electrons. The SMILES string of the molecule is O=C1OC(=CBr)CCC1Oc1ccccc1. The highest BCUT2D eigenvalue weighted by atomic mass is 79.9. The third kappa shape index (κ3) is 2.64. The summed E-state index contributed by atoms with van der Waals surface area (Å²) < 4.78 is 10.6. The van der Waals surface area contributed by atoms with Crippen molar-refractivity contribution in [2.24, 2.45) is 0 Å². The smallest absolute Gasteiger partial charge is 0.352 e. The van der Waals surface area contributed by atoms with E-state index in [9.17, 15) is 4.79 Å². The Balaban J connectivity index is 2.00. The van der Waals surface area contributed by atoms with E-state index < -0.39 is 6.10 Å². The predicted molar refractivity (Wildman–Crippen MR) is 63.2 cm³/mol. The molecule has 0 aliphatic carbocycles. The van der Waals surface area contributed by atoms with Gasteiger partial charge in [0.05, 0.1) is 0 Å². The van der Waals surface area contributed by atoms with Crippen LogP contribution < -0.4 is 4.74 Å². The second-order valence-corrected chi connectivity index (χ2v) is 3.91. The van der Waals surface area contributed by atoms with Crippen LogP contribution in [-0.4, -0.2) is 12.1 Å². The Hall–Kier alpha value is -1.29. The number of allylic oxidation sites excluding steroid dienone is 1. The van der Waals surface area contributed by atoms with Gasteiger partial charge < -0.3 is 9.47 Å². The molecule has 0 amide bonds. The van der Waals surface area contributed by atoms with Gasteiger partial charge >= 0.3 is 5.97 Å². The first-order valence-corrected chi connectivity index (χ1v) is 5.94. The Bertz CT molecular complexity index is 400. The zero-order chi connectivity index (χ0) is 11.4. The molecule has 4 heteroatoms. The molecule has 1 atom stereocenters. The van der Waals surface area contributed by atoms with Crippen LogP contribution in [0.5, 0.6) is 5.75 Å². The van der Waals surface area contributed by atoms with Crippen molar-refractivity contribution in [2.45, 2.75) is 18.9 Å². The molecule has 2 rings (SSSR count). The molecule has 16 heavy (non-hydrogen) atoms. The summed E-state index contributed by atoms with van der Waals surface area (Å²) in [5.74, 6) is 1.01. The van der Waals surface area contributed by atoms with E-state index in [4.69, 9.17) is 9.47 Å². The molecule has 1 heterocycles. The number of benzene rings is 1. The van der Waals surface area contributed by atoms with Gasteiger partial charge in [0.1, 0.15) is 11.5 Å². The number of hydrogen-bond donors (Lipinski definition) is 0. The third-order valence-corrected chi connectivity index (χ3v) is 2.80. The largest absolute Gasteiger partial charge is 0.479 e. The first kappa shape index (κ1) is 11.2. The van der Waals surface area contributed by atoms with Gasteiger partial charge in [-0.1, -0.05) is 34.1 Å². The van der Waals surface area contributed by atoms with E-state index in [1.807, 2.05) is 30.3 Å². The minimum Gasteiger partial charge on any atom is -0.479 e. The Morgan fingerprint density at radius 2 is 2.12 bits per heavy atom. The molecule has 1 fully saturated rings. The van der Waals surface area contributed by atoms with Gasteiger partial charge in [-0.2, -0.15) is 0 Å². The summed E-state index contributed by atoms with van der Waals surface area (Å²) in [6.07, 6.45) is 0.846. The van der Waals surface area contributed by atoms with Crippen molar-refractivity contribution in [1.82, 2.24) is 0 Å². The summed E-state index contributed by atoms with van der Waals surface area (Å²) >= 11 is 3.15. The molecule has 84 valence electrons. The zero-order valence-corrected chi connectivity index (χ0v) is 10.1. The first-order valence-electron chi connectivity index (χ1n) is 5.02. The second kappa shape index (κ2) is 5.16. The van der Waals surface area contributed by atoms with Gasteiger partial charge in [0.15, 0.2) is 6.10 Å². The van der Waals surface area contributed by atoms with E-state index in [0.717, 1.165) is 0 Å². The first-order chi connectivity index (χ1) is 7.79. The third-order valence-electron chi connectivity index (χ3n) is 2.29. The molecule has 1 aliphatic rings. The van der Waals surface area contributed by atoms with Crippen LogP contribution in [0.3, 0.4) is 0 Å². The summed E-state index contributed by atoms with van der Waals surface area (Å²) in [5, 5.41) is 0. The Morgan fingerprint density at radius 1 is 1.38 bits per heavy atom. The number of rotatable bonds is 2. The number of carbonyl (C=O) groups is 1.